The maximum Gasteiger partial charge on any atom is 0.150 e. The predicted octanol–water partition coefficient (Wildman–Crippen LogP) is 6.24. The molecule has 2 heteroatoms. The normalized spacial score (nSPS) is 11.1. The van der Waals surface area contributed by atoms with E-state index in [2.05, 4.69) is 128 Å². The second-order valence-electron chi connectivity index (χ2n) is 6.49. The molecule has 0 N–H and O–H groups in total. The van der Waals surface area contributed by atoms with E-state index in [1.165, 1.54) is 25.5 Å². The van der Waals surface area contributed by atoms with Crippen LogP contribution in [0.5, 0.6) is 0 Å². The van der Waals surface area contributed by atoms with Crippen molar-refractivity contribution in [1.29, 1.82) is 0 Å². The van der Waals surface area contributed by atoms with Gasteiger partial charge in [0, 0.05) is 4.90 Å². The highest BCUT2D eigenvalue weighted by Gasteiger charge is 2.49. The summed E-state index contributed by atoms with van der Waals surface area (Å²) in [5, 5.41) is 4.00. The second-order valence-corrected chi connectivity index (χ2v) is 11.4. The van der Waals surface area contributed by atoms with Crippen molar-refractivity contribution in [2.45, 2.75) is 4.90 Å². The molecule has 0 aromatic heterocycles. The van der Waals surface area contributed by atoms with Crippen molar-refractivity contribution in [3.05, 3.63) is 133 Å². The van der Waals surface area contributed by atoms with Gasteiger partial charge in [-0.05, 0) is 55.1 Å². The Hall–Kier alpha value is -2.60. The molecule has 0 amide bonds. The molecule has 0 saturated heterocycles. The molecule has 0 aliphatic rings. The molecule has 0 atom stereocenters. The minimum absolute atomic E-state index is 1.20. The maximum atomic E-state index is 4.66. The first-order chi connectivity index (χ1) is 13.8. The first-order valence-electron chi connectivity index (χ1n) is 9.30. The Labute approximate surface area is 172 Å². The molecule has 4 aromatic carbocycles. The zero-order chi connectivity index (χ0) is 19.2. The van der Waals surface area contributed by atoms with Crippen LogP contribution in [0, 0.1) is 0 Å². The fourth-order valence-electron chi connectivity index (χ4n) is 3.53. The van der Waals surface area contributed by atoms with Crippen molar-refractivity contribution in [2.75, 3.05) is 0 Å². The molecule has 0 radical (unpaired) electrons. The average Bonchev–Trinajstić information content (AvgIpc) is 2.77. The lowest BCUT2D eigenvalue weighted by Gasteiger charge is -2.28. The van der Waals surface area contributed by atoms with Crippen molar-refractivity contribution in [2.24, 2.45) is 0 Å². The zero-order valence-corrected chi connectivity index (χ0v) is 17.3. The van der Waals surface area contributed by atoms with Crippen LogP contribution in [-0.4, -0.2) is 0 Å². The Morgan fingerprint density at radius 2 is 0.821 bits per heavy atom. The lowest BCUT2D eigenvalue weighted by atomic mass is 10.4. The monoisotopic (exact) mass is 397 g/mol. The Morgan fingerprint density at radius 3 is 1.18 bits per heavy atom. The van der Waals surface area contributed by atoms with Crippen LogP contribution < -0.4 is 15.9 Å². The summed E-state index contributed by atoms with van der Waals surface area (Å²) in [5.41, 5.74) is 0. The van der Waals surface area contributed by atoms with Gasteiger partial charge in [0.15, 0.2) is 7.26 Å². The molecular formula is C26H22PS+. The lowest BCUT2D eigenvalue weighted by molar-refractivity contribution is 1.47. The van der Waals surface area contributed by atoms with E-state index in [1.54, 1.807) is 11.8 Å². The second kappa shape index (κ2) is 8.61. The largest absolute Gasteiger partial charge is 0.150 e. The molecular weight excluding hydrogens is 375 g/mol. The van der Waals surface area contributed by atoms with Crippen LogP contribution in [0.15, 0.2) is 137 Å². The summed E-state index contributed by atoms with van der Waals surface area (Å²) in [5.74, 6) is 0. The van der Waals surface area contributed by atoms with E-state index >= 15 is 0 Å². The predicted molar refractivity (Wildman–Crippen MR) is 127 cm³/mol. The highest BCUT2D eigenvalue weighted by molar-refractivity contribution is 8.19. The molecule has 0 nitrogen and oxygen atoms in total. The molecule has 4 rings (SSSR count). The third-order valence-electron chi connectivity index (χ3n) is 4.78. The van der Waals surface area contributed by atoms with Crippen molar-refractivity contribution in [1.82, 2.24) is 0 Å². The Balaban J connectivity index is 1.97. The van der Waals surface area contributed by atoms with Crippen LogP contribution in [-0.2, 0) is 0 Å². The maximum absolute atomic E-state index is 4.66. The van der Waals surface area contributed by atoms with Crippen LogP contribution in [0.1, 0.15) is 0 Å². The Morgan fingerprint density at radius 1 is 0.500 bits per heavy atom. The van der Waals surface area contributed by atoms with E-state index in [0.717, 1.165) is 0 Å². The van der Waals surface area contributed by atoms with E-state index in [0.29, 0.717) is 0 Å². The number of hydrogen-bond acceptors (Lipinski definition) is 1. The molecule has 0 fully saturated rings. The van der Waals surface area contributed by atoms with Crippen LogP contribution in [0.2, 0.25) is 0 Å². The SMILES string of the molecule is C=C(Sc1ccccc1)[P+](c1ccccc1)(c1ccccc1)c1ccccc1. The van der Waals surface area contributed by atoms with Gasteiger partial charge in [0.2, 0.25) is 0 Å². The minimum Gasteiger partial charge on any atom is -0.0622 e. The van der Waals surface area contributed by atoms with Gasteiger partial charge in [0.05, 0.1) is 0 Å². The molecule has 0 spiro atoms. The van der Waals surface area contributed by atoms with Gasteiger partial charge in [0.25, 0.3) is 0 Å². The van der Waals surface area contributed by atoms with Gasteiger partial charge >= 0.3 is 0 Å². The molecule has 0 heterocycles. The fourth-order valence-corrected chi connectivity index (χ4v) is 9.52. The van der Waals surface area contributed by atoms with Gasteiger partial charge in [-0.1, -0.05) is 84.6 Å². The van der Waals surface area contributed by atoms with E-state index < -0.39 is 7.26 Å². The molecule has 0 aliphatic heterocycles. The number of benzene rings is 4. The summed E-state index contributed by atoms with van der Waals surface area (Å²) in [6.45, 7) is 4.66. The summed E-state index contributed by atoms with van der Waals surface area (Å²) in [4.78, 5) is 1.22. The standard InChI is InChI=1S/C26H22PS/c1-22(28-26-20-12-5-13-21-26)27(23-14-6-2-7-15-23,24-16-8-3-9-17-24)25-18-10-4-11-19-25/h2-21H,1H2/q+1. The number of rotatable bonds is 6. The van der Waals surface area contributed by atoms with Gasteiger partial charge in [-0.15, -0.1) is 0 Å². The van der Waals surface area contributed by atoms with Gasteiger partial charge in [0.1, 0.15) is 20.6 Å². The third kappa shape index (κ3) is 3.56. The molecule has 28 heavy (non-hydrogen) atoms. The van der Waals surface area contributed by atoms with E-state index in [9.17, 15) is 0 Å². The number of thioether (sulfide) groups is 1. The van der Waals surface area contributed by atoms with Gasteiger partial charge in [-0.3, -0.25) is 0 Å². The van der Waals surface area contributed by atoms with Crippen LogP contribution in [0.3, 0.4) is 0 Å². The van der Waals surface area contributed by atoms with Crippen LogP contribution >= 0.6 is 19.0 Å². The van der Waals surface area contributed by atoms with E-state index in [1.807, 2.05) is 0 Å². The topological polar surface area (TPSA) is 0 Å². The van der Waals surface area contributed by atoms with Crippen molar-refractivity contribution >= 4 is 34.9 Å². The van der Waals surface area contributed by atoms with Crippen molar-refractivity contribution in [3.8, 4) is 0 Å². The summed E-state index contributed by atoms with van der Waals surface area (Å²) < 4.78 is 1.20. The average molecular weight is 398 g/mol. The molecule has 0 saturated carbocycles. The van der Waals surface area contributed by atoms with Gasteiger partial charge in [-0.2, -0.15) is 0 Å². The summed E-state index contributed by atoms with van der Waals surface area (Å²) in [6.07, 6.45) is 0. The lowest BCUT2D eigenvalue weighted by Crippen LogP contribution is -2.31. The molecule has 0 aliphatic carbocycles. The Kier molecular flexibility index (Phi) is 5.76. The quantitative estimate of drug-likeness (QED) is 0.274. The van der Waals surface area contributed by atoms with E-state index in [4.69, 9.17) is 0 Å². The van der Waals surface area contributed by atoms with Crippen molar-refractivity contribution < 1.29 is 0 Å². The zero-order valence-electron chi connectivity index (χ0n) is 15.6. The van der Waals surface area contributed by atoms with Gasteiger partial charge in [-0.25, -0.2) is 0 Å². The first-order valence-corrected chi connectivity index (χ1v) is 11.9. The third-order valence-corrected chi connectivity index (χ3v) is 10.6. The summed E-state index contributed by atoms with van der Waals surface area (Å²) >= 11 is 1.79. The minimum atomic E-state index is -2.04. The smallest absolute Gasteiger partial charge is 0.0622 e. The molecule has 4 aromatic rings. The highest BCUT2D eigenvalue weighted by Crippen LogP contribution is 2.66. The van der Waals surface area contributed by atoms with Crippen LogP contribution in [0.25, 0.3) is 0 Å². The molecule has 0 bridgehead atoms. The highest BCUT2D eigenvalue weighted by atomic mass is 32.2. The van der Waals surface area contributed by atoms with E-state index in [-0.39, 0.29) is 0 Å². The van der Waals surface area contributed by atoms with Crippen LogP contribution in [0.4, 0.5) is 0 Å². The summed E-state index contributed by atoms with van der Waals surface area (Å²) in [7, 11) is -2.04. The Bertz CT molecular complexity index is 932. The number of hydrogen-bond donors (Lipinski definition) is 0. The first kappa shape index (κ1) is 18.7. The molecule has 136 valence electrons. The fraction of sp³-hybridized carbons (Fsp3) is 0. The summed E-state index contributed by atoms with van der Waals surface area (Å²) in [6, 6.07) is 43.1. The van der Waals surface area contributed by atoms with Gasteiger partial charge < -0.3 is 0 Å². The molecule has 0 unspecified atom stereocenters. The van der Waals surface area contributed by atoms with Crippen molar-refractivity contribution in [3.63, 3.8) is 0 Å².